The van der Waals surface area contributed by atoms with Crippen molar-refractivity contribution in [3.05, 3.63) is 35.8 Å². The monoisotopic (exact) mass is 498 g/mol. The molecule has 6 nitrogen and oxygen atoms in total. The lowest BCUT2D eigenvalue weighted by Gasteiger charge is -2.41. The molecule has 0 saturated carbocycles. The Labute approximate surface area is 186 Å². The van der Waals surface area contributed by atoms with Crippen LogP contribution in [0.2, 0.25) is 0 Å². The molecule has 2 aromatic rings. The Balaban J connectivity index is 0.00000280. The van der Waals surface area contributed by atoms with Crippen molar-refractivity contribution in [1.29, 1.82) is 0 Å². The van der Waals surface area contributed by atoms with Gasteiger partial charge in [0.2, 0.25) is 0 Å². The second-order valence-corrected chi connectivity index (χ2v) is 8.12. The van der Waals surface area contributed by atoms with Crippen LogP contribution in [0.1, 0.15) is 44.4 Å². The van der Waals surface area contributed by atoms with Crippen molar-refractivity contribution in [2.24, 2.45) is 4.99 Å². The van der Waals surface area contributed by atoms with Gasteiger partial charge in [-0.2, -0.15) is 0 Å². The van der Waals surface area contributed by atoms with E-state index in [9.17, 15) is 0 Å². The van der Waals surface area contributed by atoms with Crippen molar-refractivity contribution < 1.29 is 0 Å². The smallest absolute Gasteiger partial charge is 0.191 e. The number of aliphatic imine (C=N–C) groups is 1. The first-order valence-corrected chi connectivity index (χ1v) is 10.1. The first-order chi connectivity index (χ1) is 13.0. The highest BCUT2D eigenvalue weighted by atomic mass is 127. The highest BCUT2D eigenvalue weighted by molar-refractivity contribution is 14.0. The molecule has 0 bridgehead atoms. The average Bonchev–Trinajstić information content (AvgIpc) is 3.09. The number of fused-ring (bicyclic) bond motifs is 1. The Bertz CT molecular complexity index is 776. The number of guanidine groups is 1. The van der Waals surface area contributed by atoms with Crippen LogP contribution in [-0.4, -0.2) is 59.0 Å². The predicted octanol–water partition coefficient (Wildman–Crippen LogP) is 3.23. The van der Waals surface area contributed by atoms with E-state index in [1.807, 2.05) is 7.05 Å². The average molecular weight is 498 g/mol. The molecule has 1 fully saturated rings. The van der Waals surface area contributed by atoms with Gasteiger partial charge in [0.25, 0.3) is 0 Å². The molecule has 1 saturated heterocycles. The zero-order valence-corrected chi connectivity index (χ0v) is 20.0. The molecule has 7 heteroatoms. The van der Waals surface area contributed by atoms with Gasteiger partial charge < -0.3 is 15.0 Å². The molecule has 0 radical (unpaired) electrons. The second kappa shape index (κ2) is 10.4. The number of aromatic nitrogens is 2. The summed E-state index contributed by atoms with van der Waals surface area (Å²) in [7, 11) is 1.83. The van der Waals surface area contributed by atoms with Crippen LogP contribution < -0.4 is 10.6 Å². The molecule has 0 amide bonds. The van der Waals surface area contributed by atoms with Crippen LogP contribution in [-0.2, 0) is 6.42 Å². The maximum absolute atomic E-state index is 4.74. The molecule has 0 atom stereocenters. The van der Waals surface area contributed by atoms with Crippen molar-refractivity contribution in [3.63, 3.8) is 0 Å². The van der Waals surface area contributed by atoms with E-state index in [4.69, 9.17) is 4.98 Å². The Morgan fingerprint density at radius 1 is 1.21 bits per heavy atom. The second-order valence-electron chi connectivity index (χ2n) is 8.12. The van der Waals surface area contributed by atoms with Gasteiger partial charge in [0.15, 0.2) is 5.96 Å². The molecular weight excluding hydrogens is 463 g/mol. The third-order valence-electron chi connectivity index (χ3n) is 5.53. The molecule has 0 spiro atoms. The van der Waals surface area contributed by atoms with E-state index in [1.54, 1.807) is 0 Å². The van der Waals surface area contributed by atoms with Crippen LogP contribution in [0.3, 0.4) is 0 Å². The van der Waals surface area contributed by atoms with Crippen LogP contribution in [0, 0.1) is 6.92 Å². The molecule has 1 aliphatic rings. The van der Waals surface area contributed by atoms with Crippen LogP contribution >= 0.6 is 24.0 Å². The Morgan fingerprint density at radius 3 is 2.64 bits per heavy atom. The summed E-state index contributed by atoms with van der Waals surface area (Å²) in [5.74, 6) is 0.861. The quantitative estimate of drug-likeness (QED) is 0.365. The summed E-state index contributed by atoms with van der Waals surface area (Å²) in [6, 6.07) is 4.15. The third kappa shape index (κ3) is 5.83. The molecule has 0 aliphatic carbocycles. The number of aryl methyl sites for hydroxylation is 1. The van der Waals surface area contributed by atoms with Gasteiger partial charge in [0.1, 0.15) is 5.65 Å². The van der Waals surface area contributed by atoms with E-state index in [0.717, 1.165) is 36.8 Å². The van der Waals surface area contributed by atoms with Crippen molar-refractivity contribution in [2.75, 3.05) is 33.2 Å². The number of hydrogen-bond donors (Lipinski definition) is 2. The molecule has 3 rings (SSSR count). The molecule has 156 valence electrons. The number of piperidine rings is 1. The van der Waals surface area contributed by atoms with E-state index in [0.29, 0.717) is 0 Å². The molecule has 3 heterocycles. The lowest BCUT2D eigenvalue weighted by atomic mass is 9.98. The van der Waals surface area contributed by atoms with Crippen molar-refractivity contribution in [1.82, 2.24) is 24.9 Å². The van der Waals surface area contributed by atoms with Crippen molar-refractivity contribution in [3.8, 4) is 0 Å². The fourth-order valence-electron chi connectivity index (χ4n) is 3.77. The third-order valence-corrected chi connectivity index (χ3v) is 5.53. The van der Waals surface area contributed by atoms with Crippen LogP contribution in [0.4, 0.5) is 0 Å². The zero-order chi connectivity index (χ0) is 19.3. The molecular formula is C21H35IN6. The number of halogens is 1. The summed E-state index contributed by atoms with van der Waals surface area (Å²) in [6.45, 7) is 10.8. The maximum atomic E-state index is 4.74. The molecule has 0 unspecified atom stereocenters. The van der Waals surface area contributed by atoms with E-state index >= 15 is 0 Å². The van der Waals surface area contributed by atoms with E-state index in [1.165, 1.54) is 37.9 Å². The summed E-state index contributed by atoms with van der Waals surface area (Å²) >= 11 is 0. The van der Waals surface area contributed by atoms with Gasteiger partial charge in [-0.3, -0.25) is 9.89 Å². The van der Waals surface area contributed by atoms with Crippen LogP contribution in [0.15, 0.2) is 29.5 Å². The summed E-state index contributed by atoms with van der Waals surface area (Å²) < 4.78 is 2.10. The van der Waals surface area contributed by atoms with Gasteiger partial charge in [-0.05, 0) is 58.3 Å². The lowest BCUT2D eigenvalue weighted by Crippen LogP contribution is -2.55. The number of hydrogen-bond acceptors (Lipinski definition) is 3. The molecule has 2 aromatic heterocycles. The summed E-state index contributed by atoms with van der Waals surface area (Å²) in [4.78, 5) is 11.7. The van der Waals surface area contributed by atoms with Gasteiger partial charge in [-0.1, -0.05) is 12.5 Å². The highest BCUT2D eigenvalue weighted by Crippen LogP contribution is 2.19. The standard InChI is InChI=1S/C21H34N6.HI/c1-17-9-8-12-26-15-18(25-19(17)26)10-11-23-20(22-4)24-16-21(2,3)27-13-6-5-7-14-27;/h8-9,12,15H,5-7,10-11,13-14,16H2,1-4H3,(H2,22,23,24);1H. The Kier molecular flexibility index (Phi) is 8.55. The number of rotatable bonds is 6. The number of imidazole rings is 1. The minimum atomic E-state index is 0. The number of pyridine rings is 1. The minimum absolute atomic E-state index is 0. The number of likely N-dealkylation sites (tertiary alicyclic amines) is 1. The molecule has 2 N–H and O–H groups in total. The van der Waals surface area contributed by atoms with Crippen molar-refractivity contribution >= 4 is 35.6 Å². The summed E-state index contributed by atoms with van der Waals surface area (Å²) in [6.07, 6.45) is 9.03. The normalized spacial score (nSPS) is 16.1. The SMILES string of the molecule is CN=C(NCCc1cn2cccc(C)c2n1)NCC(C)(C)N1CCCCC1.I. The van der Waals surface area contributed by atoms with Gasteiger partial charge in [-0.15, -0.1) is 24.0 Å². The molecule has 1 aliphatic heterocycles. The fraction of sp³-hybridized carbons (Fsp3) is 0.619. The van der Waals surface area contributed by atoms with Crippen LogP contribution in [0.25, 0.3) is 5.65 Å². The van der Waals surface area contributed by atoms with Gasteiger partial charge in [-0.25, -0.2) is 4.98 Å². The number of nitrogens with one attached hydrogen (secondary N) is 2. The Hall–Kier alpha value is -1.35. The zero-order valence-electron chi connectivity index (χ0n) is 17.7. The predicted molar refractivity (Wildman–Crippen MR) is 128 cm³/mol. The minimum Gasteiger partial charge on any atom is -0.356 e. The summed E-state index contributed by atoms with van der Waals surface area (Å²) in [5, 5.41) is 6.92. The van der Waals surface area contributed by atoms with Crippen molar-refractivity contribution in [2.45, 2.75) is 52.0 Å². The Morgan fingerprint density at radius 2 is 1.96 bits per heavy atom. The maximum Gasteiger partial charge on any atom is 0.191 e. The van der Waals surface area contributed by atoms with E-state index in [2.05, 4.69) is 70.2 Å². The van der Waals surface area contributed by atoms with E-state index < -0.39 is 0 Å². The molecule has 28 heavy (non-hydrogen) atoms. The number of nitrogens with zero attached hydrogens (tertiary/aromatic N) is 4. The van der Waals surface area contributed by atoms with Crippen LogP contribution in [0.5, 0.6) is 0 Å². The first kappa shape index (κ1) is 22.9. The lowest BCUT2D eigenvalue weighted by molar-refractivity contribution is 0.0982. The van der Waals surface area contributed by atoms with E-state index in [-0.39, 0.29) is 29.5 Å². The highest BCUT2D eigenvalue weighted by Gasteiger charge is 2.27. The molecule has 0 aromatic carbocycles. The largest absolute Gasteiger partial charge is 0.356 e. The van der Waals surface area contributed by atoms with Gasteiger partial charge in [0.05, 0.1) is 5.69 Å². The summed E-state index contributed by atoms with van der Waals surface area (Å²) in [5.41, 5.74) is 3.48. The topological polar surface area (TPSA) is 57.0 Å². The fourth-order valence-corrected chi connectivity index (χ4v) is 3.77. The van der Waals surface area contributed by atoms with Gasteiger partial charge >= 0.3 is 0 Å². The first-order valence-electron chi connectivity index (χ1n) is 10.1. The van der Waals surface area contributed by atoms with Gasteiger partial charge in [0, 0.05) is 44.5 Å².